The van der Waals surface area contributed by atoms with Crippen molar-refractivity contribution >= 4 is 15.7 Å². The van der Waals surface area contributed by atoms with E-state index in [0.29, 0.717) is 5.56 Å². The van der Waals surface area contributed by atoms with Crippen LogP contribution < -0.4 is 4.72 Å². The van der Waals surface area contributed by atoms with Crippen LogP contribution in [0.25, 0.3) is 0 Å². The van der Waals surface area contributed by atoms with Crippen molar-refractivity contribution in [1.82, 2.24) is 0 Å². The lowest BCUT2D eigenvalue weighted by Gasteiger charge is -2.14. The largest absolute Gasteiger partial charge is 0.389 e. The molecule has 0 spiro atoms. The Morgan fingerprint density at radius 1 is 1.10 bits per heavy atom. The Labute approximate surface area is 116 Å². The van der Waals surface area contributed by atoms with Crippen molar-refractivity contribution in [3.63, 3.8) is 0 Å². The summed E-state index contributed by atoms with van der Waals surface area (Å²) in [6.45, 7) is 1.52. The van der Waals surface area contributed by atoms with Crippen LogP contribution in [0.2, 0.25) is 0 Å². The maximum Gasteiger partial charge on any atom is 0.264 e. The van der Waals surface area contributed by atoms with Crippen molar-refractivity contribution in [3.8, 4) is 0 Å². The fraction of sp³-hybridized carbons (Fsp3) is 0.143. The zero-order valence-electron chi connectivity index (χ0n) is 10.7. The highest BCUT2D eigenvalue weighted by atomic mass is 32.2. The monoisotopic (exact) mass is 295 g/mol. The first-order valence-electron chi connectivity index (χ1n) is 5.96. The molecular formula is C14H14FNO3S. The summed E-state index contributed by atoms with van der Waals surface area (Å²) in [5, 5.41) is 9.62. The van der Waals surface area contributed by atoms with Gasteiger partial charge in [-0.05, 0) is 25.1 Å². The second-order valence-electron chi connectivity index (χ2n) is 4.30. The molecule has 0 amide bonds. The molecule has 6 heteroatoms. The molecule has 0 fully saturated rings. The van der Waals surface area contributed by atoms with E-state index in [0.717, 1.165) is 6.07 Å². The van der Waals surface area contributed by atoms with Gasteiger partial charge in [-0.3, -0.25) is 4.72 Å². The highest BCUT2D eigenvalue weighted by molar-refractivity contribution is 7.92. The topological polar surface area (TPSA) is 66.4 Å². The number of anilines is 1. The maximum atomic E-state index is 13.6. The van der Waals surface area contributed by atoms with Gasteiger partial charge in [0.25, 0.3) is 10.0 Å². The minimum atomic E-state index is -4.04. The average molecular weight is 295 g/mol. The number of para-hydroxylation sites is 1. The molecule has 0 aliphatic carbocycles. The molecule has 0 aromatic heterocycles. The van der Waals surface area contributed by atoms with Gasteiger partial charge in [-0.25, -0.2) is 12.8 Å². The Morgan fingerprint density at radius 3 is 2.35 bits per heavy atom. The SMILES string of the molecule is CC(O)c1ccccc1NS(=O)(=O)c1ccccc1F. The molecule has 0 saturated carbocycles. The van der Waals surface area contributed by atoms with E-state index in [1.54, 1.807) is 18.2 Å². The third kappa shape index (κ3) is 2.97. The second kappa shape index (κ2) is 5.60. The fourth-order valence-electron chi connectivity index (χ4n) is 1.82. The van der Waals surface area contributed by atoms with E-state index in [1.165, 1.54) is 31.2 Å². The normalized spacial score (nSPS) is 12.9. The summed E-state index contributed by atoms with van der Waals surface area (Å²) in [5.74, 6) is -0.825. The second-order valence-corrected chi connectivity index (χ2v) is 5.95. The van der Waals surface area contributed by atoms with E-state index in [1.807, 2.05) is 0 Å². The summed E-state index contributed by atoms with van der Waals surface area (Å²) in [6, 6.07) is 11.5. The molecule has 0 aliphatic heterocycles. The molecule has 0 saturated heterocycles. The summed E-state index contributed by atoms with van der Waals surface area (Å²) in [5.41, 5.74) is 0.651. The molecule has 0 bridgehead atoms. The van der Waals surface area contributed by atoms with Gasteiger partial charge in [-0.15, -0.1) is 0 Å². The Morgan fingerprint density at radius 2 is 1.70 bits per heavy atom. The molecule has 106 valence electrons. The van der Waals surface area contributed by atoms with Crippen LogP contribution in [0, 0.1) is 5.82 Å². The maximum absolute atomic E-state index is 13.6. The zero-order valence-corrected chi connectivity index (χ0v) is 11.6. The number of rotatable bonds is 4. The molecule has 0 aliphatic rings. The number of nitrogens with one attached hydrogen (secondary N) is 1. The Kier molecular flexibility index (Phi) is 4.06. The van der Waals surface area contributed by atoms with Crippen LogP contribution in [-0.2, 0) is 10.0 Å². The number of aliphatic hydroxyl groups is 1. The Balaban J connectivity index is 2.42. The Bertz CT molecular complexity index is 714. The molecule has 2 aromatic carbocycles. The predicted molar refractivity (Wildman–Crippen MR) is 74.3 cm³/mol. The van der Waals surface area contributed by atoms with Crippen molar-refractivity contribution < 1.29 is 17.9 Å². The summed E-state index contributed by atoms with van der Waals surface area (Å²) >= 11 is 0. The molecule has 1 unspecified atom stereocenters. The van der Waals surface area contributed by atoms with E-state index in [9.17, 15) is 17.9 Å². The predicted octanol–water partition coefficient (Wildman–Crippen LogP) is 2.68. The van der Waals surface area contributed by atoms with Gasteiger partial charge in [0.2, 0.25) is 0 Å². The third-order valence-electron chi connectivity index (χ3n) is 2.78. The van der Waals surface area contributed by atoms with Gasteiger partial charge >= 0.3 is 0 Å². The first kappa shape index (κ1) is 14.5. The van der Waals surface area contributed by atoms with Gasteiger partial charge in [-0.1, -0.05) is 30.3 Å². The highest BCUT2D eigenvalue weighted by Gasteiger charge is 2.20. The Hall–Kier alpha value is -1.92. The fourth-order valence-corrected chi connectivity index (χ4v) is 2.98. The van der Waals surface area contributed by atoms with E-state index in [4.69, 9.17) is 0 Å². The first-order valence-corrected chi connectivity index (χ1v) is 7.44. The number of benzene rings is 2. The third-order valence-corrected chi connectivity index (χ3v) is 4.18. The van der Waals surface area contributed by atoms with Gasteiger partial charge in [0, 0.05) is 5.56 Å². The lowest BCUT2D eigenvalue weighted by Crippen LogP contribution is -2.16. The molecule has 1 atom stereocenters. The van der Waals surface area contributed by atoms with Crippen molar-refractivity contribution in [2.45, 2.75) is 17.9 Å². The van der Waals surface area contributed by atoms with Crippen LogP contribution in [0.4, 0.5) is 10.1 Å². The molecule has 2 rings (SSSR count). The minimum absolute atomic E-state index is 0.228. The van der Waals surface area contributed by atoms with Gasteiger partial charge in [0.15, 0.2) is 0 Å². The van der Waals surface area contributed by atoms with Crippen molar-refractivity contribution in [3.05, 3.63) is 59.9 Å². The van der Waals surface area contributed by atoms with Gasteiger partial charge < -0.3 is 5.11 Å². The van der Waals surface area contributed by atoms with E-state index >= 15 is 0 Å². The van der Waals surface area contributed by atoms with E-state index in [-0.39, 0.29) is 5.69 Å². The number of hydrogen-bond donors (Lipinski definition) is 2. The number of aliphatic hydroxyl groups excluding tert-OH is 1. The van der Waals surface area contributed by atoms with Crippen LogP contribution in [0.1, 0.15) is 18.6 Å². The zero-order chi connectivity index (χ0) is 14.8. The highest BCUT2D eigenvalue weighted by Crippen LogP contribution is 2.25. The van der Waals surface area contributed by atoms with Crippen molar-refractivity contribution in [2.24, 2.45) is 0 Å². The quantitative estimate of drug-likeness (QED) is 0.911. The molecular weight excluding hydrogens is 281 g/mol. The molecule has 0 radical (unpaired) electrons. The van der Waals surface area contributed by atoms with Crippen LogP contribution in [0.15, 0.2) is 53.4 Å². The lowest BCUT2D eigenvalue weighted by molar-refractivity contribution is 0.200. The van der Waals surface area contributed by atoms with E-state index in [2.05, 4.69) is 4.72 Å². The number of hydrogen-bond acceptors (Lipinski definition) is 3. The molecule has 2 N–H and O–H groups in total. The smallest absolute Gasteiger partial charge is 0.264 e. The standard InChI is InChI=1S/C14H14FNO3S/c1-10(17)11-6-2-4-8-13(11)16-20(18,19)14-9-5-3-7-12(14)15/h2-10,16-17H,1H3. The van der Waals surface area contributed by atoms with Crippen LogP contribution in [-0.4, -0.2) is 13.5 Å². The minimum Gasteiger partial charge on any atom is -0.389 e. The average Bonchev–Trinajstić information content (AvgIpc) is 2.39. The molecule has 2 aromatic rings. The number of halogens is 1. The van der Waals surface area contributed by atoms with Crippen molar-refractivity contribution in [1.29, 1.82) is 0 Å². The summed E-state index contributed by atoms with van der Waals surface area (Å²) in [7, 11) is -4.04. The van der Waals surface area contributed by atoms with Crippen LogP contribution >= 0.6 is 0 Å². The number of sulfonamides is 1. The molecule has 4 nitrogen and oxygen atoms in total. The summed E-state index contributed by atoms with van der Waals surface area (Å²) < 4.78 is 40.2. The lowest BCUT2D eigenvalue weighted by atomic mass is 10.1. The van der Waals surface area contributed by atoms with Gasteiger partial charge in [0.1, 0.15) is 10.7 Å². The summed E-state index contributed by atoms with van der Waals surface area (Å²) in [4.78, 5) is -0.430. The molecule has 0 heterocycles. The first-order chi connectivity index (χ1) is 9.42. The van der Waals surface area contributed by atoms with Crippen LogP contribution in [0.5, 0.6) is 0 Å². The van der Waals surface area contributed by atoms with E-state index < -0.39 is 26.8 Å². The van der Waals surface area contributed by atoms with Gasteiger partial charge in [-0.2, -0.15) is 0 Å². The molecule has 20 heavy (non-hydrogen) atoms. The van der Waals surface area contributed by atoms with Crippen molar-refractivity contribution in [2.75, 3.05) is 4.72 Å². The van der Waals surface area contributed by atoms with Crippen LogP contribution in [0.3, 0.4) is 0 Å². The van der Waals surface area contributed by atoms with Gasteiger partial charge in [0.05, 0.1) is 11.8 Å². The summed E-state index contributed by atoms with van der Waals surface area (Å²) in [6.07, 6.45) is -0.838.